The third kappa shape index (κ3) is 5.02. The highest BCUT2D eigenvalue weighted by atomic mass is 16.1. The number of nitrogen functional groups attached to an aromatic ring is 1. The van der Waals surface area contributed by atoms with Crippen molar-refractivity contribution in [2.75, 3.05) is 25.4 Å². The van der Waals surface area contributed by atoms with Crippen LogP contribution in [-0.4, -0.2) is 36.5 Å². The molecule has 0 bridgehead atoms. The largest absolute Gasteiger partial charge is 0.399 e. The molecule has 4 nitrogen and oxygen atoms in total. The van der Waals surface area contributed by atoms with Gasteiger partial charge in [-0.3, -0.25) is 4.79 Å². The molecule has 4 heteroatoms. The lowest BCUT2D eigenvalue weighted by Crippen LogP contribution is -2.43. The zero-order valence-corrected chi connectivity index (χ0v) is 13.8. The van der Waals surface area contributed by atoms with Crippen molar-refractivity contribution in [2.24, 2.45) is 5.92 Å². The molecule has 3 N–H and O–H groups in total. The van der Waals surface area contributed by atoms with E-state index in [0.29, 0.717) is 24.8 Å². The number of carbonyl (C=O) groups is 1. The van der Waals surface area contributed by atoms with Gasteiger partial charge in [0.1, 0.15) is 0 Å². The molecule has 1 fully saturated rings. The summed E-state index contributed by atoms with van der Waals surface area (Å²) in [5.74, 6) is 0.715. The van der Waals surface area contributed by atoms with E-state index >= 15 is 0 Å². The van der Waals surface area contributed by atoms with Crippen LogP contribution in [0, 0.1) is 5.92 Å². The minimum absolute atomic E-state index is 0.130. The van der Waals surface area contributed by atoms with Gasteiger partial charge in [0.25, 0.3) is 0 Å². The number of hydrogen-bond acceptors (Lipinski definition) is 3. The number of hydrogen-bond donors (Lipinski definition) is 2. The lowest BCUT2D eigenvalue weighted by molar-refractivity contribution is -0.121. The number of piperidine rings is 1. The molecular formula is C18H29N3O. The third-order valence-electron chi connectivity index (χ3n) is 4.55. The van der Waals surface area contributed by atoms with Crippen LogP contribution in [0.15, 0.2) is 24.3 Å². The van der Waals surface area contributed by atoms with E-state index in [4.69, 9.17) is 5.73 Å². The first-order valence-corrected chi connectivity index (χ1v) is 8.40. The van der Waals surface area contributed by atoms with E-state index in [0.717, 1.165) is 24.3 Å². The Morgan fingerprint density at radius 2 is 2.18 bits per heavy atom. The minimum Gasteiger partial charge on any atom is -0.399 e. The molecule has 0 aliphatic carbocycles. The van der Waals surface area contributed by atoms with E-state index in [1.807, 2.05) is 24.3 Å². The fourth-order valence-corrected chi connectivity index (χ4v) is 3.09. The number of benzene rings is 1. The number of para-hydroxylation sites is 1. The first-order chi connectivity index (χ1) is 10.6. The zero-order valence-electron chi connectivity index (χ0n) is 13.8. The molecule has 0 spiro atoms. The van der Waals surface area contributed by atoms with Crippen LogP contribution in [0.2, 0.25) is 0 Å². The number of nitrogens with two attached hydrogens (primary N) is 1. The Hall–Kier alpha value is -1.55. The highest BCUT2D eigenvalue weighted by Crippen LogP contribution is 2.18. The fraction of sp³-hybridized carbons (Fsp3) is 0.611. The molecule has 122 valence electrons. The van der Waals surface area contributed by atoms with Crippen LogP contribution in [0.3, 0.4) is 0 Å². The summed E-state index contributed by atoms with van der Waals surface area (Å²) in [6.45, 7) is 7.57. The molecule has 0 radical (unpaired) electrons. The first-order valence-electron chi connectivity index (χ1n) is 8.40. The molecule has 1 unspecified atom stereocenters. The summed E-state index contributed by atoms with van der Waals surface area (Å²) in [5, 5.41) is 3.10. The molecule has 1 atom stereocenters. The summed E-state index contributed by atoms with van der Waals surface area (Å²) in [5.41, 5.74) is 7.73. The van der Waals surface area contributed by atoms with Gasteiger partial charge in [-0.25, -0.2) is 0 Å². The predicted molar refractivity (Wildman–Crippen MR) is 91.6 cm³/mol. The van der Waals surface area contributed by atoms with Crippen LogP contribution >= 0.6 is 0 Å². The van der Waals surface area contributed by atoms with E-state index in [1.165, 1.54) is 19.4 Å². The Labute approximate surface area is 134 Å². The molecule has 1 aliphatic heterocycles. The van der Waals surface area contributed by atoms with Crippen molar-refractivity contribution >= 4 is 11.6 Å². The van der Waals surface area contributed by atoms with Crippen molar-refractivity contribution in [2.45, 2.75) is 45.6 Å². The summed E-state index contributed by atoms with van der Waals surface area (Å²) < 4.78 is 0. The Kier molecular flexibility index (Phi) is 6.25. The normalized spacial score (nSPS) is 19.3. The average Bonchev–Trinajstić information content (AvgIpc) is 2.52. The monoisotopic (exact) mass is 303 g/mol. The molecule has 1 saturated heterocycles. The van der Waals surface area contributed by atoms with E-state index in [-0.39, 0.29) is 5.91 Å². The van der Waals surface area contributed by atoms with Gasteiger partial charge in [0.15, 0.2) is 0 Å². The summed E-state index contributed by atoms with van der Waals surface area (Å²) in [7, 11) is 0. The Morgan fingerprint density at radius 3 is 2.91 bits per heavy atom. The smallest absolute Gasteiger partial charge is 0.220 e. The number of aryl methyl sites for hydroxylation is 1. The highest BCUT2D eigenvalue weighted by molar-refractivity contribution is 5.76. The fourth-order valence-electron chi connectivity index (χ4n) is 3.09. The maximum Gasteiger partial charge on any atom is 0.220 e. The maximum atomic E-state index is 12.0. The molecule has 1 amide bonds. The number of nitrogens with one attached hydrogen (secondary N) is 1. The minimum atomic E-state index is 0.130. The van der Waals surface area contributed by atoms with E-state index in [2.05, 4.69) is 24.1 Å². The molecule has 1 aliphatic rings. The summed E-state index contributed by atoms with van der Waals surface area (Å²) >= 11 is 0. The van der Waals surface area contributed by atoms with Crippen LogP contribution in [-0.2, 0) is 11.2 Å². The van der Waals surface area contributed by atoms with Crippen LogP contribution in [0.4, 0.5) is 5.69 Å². The number of nitrogens with zero attached hydrogens (tertiary/aromatic N) is 1. The SMILES string of the molecule is CC(C)N1CCCC(CNC(=O)CCc2ccccc2N)C1. The predicted octanol–water partition coefficient (Wildman–Crippen LogP) is 2.44. The van der Waals surface area contributed by atoms with Gasteiger partial charge in [0, 0.05) is 31.2 Å². The van der Waals surface area contributed by atoms with Crippen LogP contribution in [0.1, 0.15) is 38.7 Å². The van der Waals surface area contributed by atoms with Gasteiger partial charge < -0.3 is 16.0 Å². The second-order valence-electron chi connectivity index (χ2n) is 6.60. The molecule has 2 rings (SSSR count). The third-order valence-corrected chi connectivity index (χ3v) is 4.55. The van der Waals surface area contributed by atoms with Crippen LogP contribution in [0.5, 0.6) is 0 Å². The molecule has 0 aromatic heterocycles. The van der Waals surface area contributed by atoms with E-state index in [1.54, 1.807) is 0 Å². The van der Waals surface area contributed by atoms with Gasteiger partial charge in [0.05, 0.1) is 0 Å². The van der Waals surface area contributed by atoms with Crippen molar-refractivity contribution < 1.29 is 4.79 Å². The van der Waals surface area contributed by atoms with Gasteiger partial charge in [-0.05, 0) is 57.2 Å². The molecule has 1 aromatic rings. The van der Waals surface area contributed by atoms with Crippen molar-refractivity contribution in [3.05, 3.63) is 29.8 Å². The van der Waals surface area contributed by atoms with Gasteiger partial charge in [-0.15, -0.1) is 0 Å². The van der Waals surface area contributed by atoms with Crippen molar-refractivity contribution in [3.63, 3.8) is 0 Å². The van der Waals surface area contributed by atoms with Crippen LogP contribution < -0.4 is 11.1 Å². The molecule has 0 saturated carbocycles. The average molecular weight is 303 g/mol. The lowest BCUT2D eigenvalue weighted by atomic mass is 9.97. The second-order valence-corrected chi connectivity index (χ2v) is 6.60. The number of carbonyl (C=O) groups excluding carboxylic acids is 1. The van der Waals surface area contributed by atoms with Crippen molar-refractivity contribution in [3.8, 4) is 0 Å². The summed E-state index contributed by atoms with van der Waals surface area (Å²) in [6.07, 6.45) is 3.67. The Morgan fingerprint density at radius 1 is 1.41 bits per heavy atom. The zero-order chi connectivity index (χ0) is 15.9. The number of likely N-dealkylation sites (tertiary alicyclic amines) is 1. The first kappa shape index (κ1) is 16.8. The van der Waals surface area contributed by atoms with Crippen molar-refractivity contribution in [1.29, 1.82) is 0 Å². The quantitative estimate of drug-likeness (QED) is 0.794. The maximum absolute atomic E-state index is 12.0. The number of anilines is 1. The summed E-state index contributed by atoms with van der Waals surface area (Å²) in [6, 6.07) is 8.36. The summed E-state index contributed by atoms with van der Waals surface area (Å²) in [4.78, 5) is 14.5. The lowest BCUT2D eigenvalue weighted by Gasteiger charge is -2.35. The molecule has 1 aromatic carbocycles. The van der Waals surface area contributed by atoms with Gasteiger partial charge in [-0.2, -0.15) is 0 Å². The van der Waals surface area contributed by atoms with Gasteiger partial charge >= 0.3 is 0 Å². The van der Waals surface area contributed by atoms with Gasteiger partial charge in [0.2, 0.25) is 5.91 Å². The number of rotatable bonds is 6. The van der Waals surface area contributed by atoms with Crippen LogP contribution in [0.25, 0.3) is 0 Å². The molecule has 1 heterocycles. The van der Waals surface area contributed by atoms with E-state index < -0.39 is 0 Å². The highest BCUT2D eigenvalue weighted by Gasteiger charge is 2.21. The number of amides is 1. The van der Waals surface area contributed by atoms with Crippen molar-refractivity contribution in [1.82, 2.24) is 10.2 Å². The van der Waals surface area contributed by atoms with Gasteiger partial charge in [-0.1, -0.05) is 18.2 Å². The topological polar surface area (TPSA) is 58.4 Å². The Balaban J connectivity index is 1.70. The molecule has 22 heavy (non-hydrogen) atoms. The second kappa shape index (κ2) is 8.18. The van der Waals surface area contributed by atoms with E-state index in [9.17, 15) is 4.79 Å². The Bertz CT molecular complexity index is 487. The molecular weight excluding hydrogens is 274 g/mol. The standard InChI is InChI=1S/C18H29N3O/c1-14(2)21-11-5-6-15(13-21)12-20-18(22)10-9-16-7-3-4-8-17(16)19/h3-4,7-8,14-15H,5-6,9-13,19H2,1-2H3,(H,20,22).